The van der Waals surface area contributed by atoms with Crippen molar-refractivity contribution in [1.82, 2.24) is 5.32 Å². The number of carboxylic acid groups (broad SMARTS) is 1. The number of rotatable bonds is 16. The second-order valence-electron chi connectivity index (χ2n) is 22.9. The molecule has 2 saturated heterocycles. The van der Waals surface area contributed by atoms with Crippen LogP contribution in [0.2, 0.25) is 0 Å². The van der Waals surface area contributed by atoms with E-state index in [2.05, 4.69) is 10.6 Å². The fraction of sp³-hybridized carbons (Fsp3) is 0.435. The van der Waals surface area contributed by atoms with Crippen LogP contribution >= 0.6 is 0 Å². The molecule has 16 atom stereocenters. The Labute approximate surface area is 525 Å². The first-order valence-corrected chi connectivity index (χ1v) is 27.8. The first-order chi connectivity index (χ1) is 41.1. The van der Waals surface area contributed by atoms with Crippen molar-refractivity contribution >= 4 is 88.8 Å². The molecule has 4 aromatic rings. The van der Waals surface area contributed by atoms with Crippen LogP contribution in [0.25, 0.3) is 0 Å². The molecule has 2 saturated carbocycles. The summed E-state index contributed by atoms with van der Waals surface area (Å²) in [5.41, 5.74) is -8.48. The summed E-state index contributed by atoms with van der Waals surface area (Å²) in [7, 11) is 0. The zero-order valence-electron chi connectivity index (χ0n) is 48.9. The Morgan fingerprint density at radius 1 is 0.739 bits per heavy atom. The summed E-state index contributed by atoms with van der Waals surface area (Å²) in [5.74, 6) is -10.6. The van der Waals surface area contributed by atoms with Crippen molar-refractivity contribution < 1.29 is 112 Å². The molecule has 463 valence electrons. The van der Waals surface area contributed by atoms with Gasteiger partial charge in [-0.1, -0.05) is 98.8 Å². The van der Waals surface area contributed by atoms with Gasteiger partial charge in [-0.3, -0.25) is 29.3 Å². The van der Waals surface area contributed by atoms with Gasteiger partial charge < -0.3 is 73.9 Å². The Hall–Kier alpha value is -7.43. The van der Waals surface area contributed by atoms with Gasteiger partial charge in [-0.15, -0.1) is 0 Å². The van der Waals surface area contributed by atoms with E-state index in [0.29, 0.717) is 0 Å². The number of hydrogen-bond acceptors (Lipinski definition) is 22. The van der Waals surface area contributed by atoms with E-state index in [1.807, 2.05) is 0 Å². The number of carbonyl (C=O) groups excluding carboxylic acids is 8. The van der Waals surface area contributed by atoms with Gasteiger partial charge in [-0.2, -0.15) is 0 Å². The molecule has 2 heterocycles. The molecular formula is C62H66N2NaO23. The number of ether oxygens (including phenoxy) is 8. The second-order valence-corrected chi connectivity index (χ2v) is 22.9. The van der Waals surface area contributed by atoms with Crippen molar-refractivity contribution in [3.8, 4) is 0 Å². The summed E-state index contributed by atoms with van der Waals surface area (Å²) >= 11 is 0. The number of anilines is 1. The minimum atomic E-state index is -2.59. The predicted octanol–water partition coefficient (Wildman–Crippen LogP) is 2.59. The third kappa shape index (κ3) is 12.5. The van der Waals surface area contributed by atoms with Crippen LogP contribution in [0.5, 0.6) is 0 Å². The SMILES string of the molecule is CC(=O)O[C@H]1C(=O)[C@@]2(C)[C@H]([C@H](OC(=O)c3ccccc3)[C@]3(O)C[C@H](OC(=O)[C@H](OC(=O)Cc4ccccc4NC(=O)O[C@@H]4O[C@H](C(=O)O)[C@@H](O)[C@H](O)[C@H]4O)[C@@H](NC(=O)c4ccccc4)c4ccccc4)C(C)=C1C3(C)C)[C@]1(OC(C)=O)CO[C@@H]1C[C@@H]2O.[Na]. The van der Waals surface area contributed by atoms with Gasteiger partial charge in [0.2, 0.25) is 12.4 Å². The number of amides is 2. The first kappa shape index (κ1) is 66.5. The summed E-state index contributed by atoms with van der Waals surface area (Å²) in [5, 5.41) is 71.9. The Balaban J connectivity index is 0.0000100. The number of Topliss-reactive ketones (excluding diaryl/α,β-unsaturated/α-hetero) is 1. The molecule has 3 aliphatic carbocycles. The number of benzene rings is 4. The van der Waals surface area contributed by atoms with Crippen LogP contribution in [0.1, 0.15) is 92.3 Å². The fourth-order valence-corrected chi connectivity index (χ4v) is 12.8. The standard InChI is InChI=1S/C62H66N2O23.Na/c1-30-38(28-62(79)52(85-55(76)35-22-14-9-15-23-35)50-60(6,39(67)27-40-61(50,29-80-40)87-32(3)66)51(72)47(81-31(2)65)42(30)59(62,4)5)82-56(77)48(43(33-18-10-7-11-19-33)64-53(73)34-20-12-8-13-21-34)83-41(68)26-36-24-16-17-25-37(36)63-58(78)86-57-46(71)44(69)45(70)49(84-57)54(74)75;/h7-25,38-40,43-50,52,57,67,69-71,79H,26-29H2,1-6H3,(H,63,78)(H,64,73)(H,74,75);/t38-,39-,40+,43-,44-,45-,46+,47+,48+,49-,50-,52-,57-,60+,61-,62+;/m0./s1. The minimum absolute atomic E-state index is 0. The summed E-state index contributed by atoms with van der Waals surface area (Å²) in [6.07, 6.45) is -24.4. The van der Waals surface area contributed by atoms with E-state index in [1.54, 1.807) is 54.6 Å². The van der Waals surface area contributed by atoms with Crippen molar-refractivity contribution in [2.45, 2.75) is 145 Å². The zero-order chi connectivity index (χ0) is 63.1. The van der Waals surface area contributed by atoms with Crippen LogP contribution in [0.3, 0.4) is 0 Å². The number of carbonyl (C=O) groups is 9. The van der Waals surface area contributed by atoms with E-state index in [4.69, 9.17) is 37.9 Å². The Morgan fingerprint density at radius 3 is 1.93 bits per heavy atom. The molecule has 9 rings (SSSR count). The molecule has 1 radical (unpaired) electrons. The predicted molar refractivity (Wildman–Crippen MR) is 302 cm³/mol. The van der Waals surface area contributed by atoms with Crippen LogP contribution in [0.15, 0.2) is 126 Å². The van der Waals surface area contributed by atoms with Crippen LogP contribution < -0.4 is 10.6 Å². The number of aliphatic carboxylic acids is 1. The normalized spacial score (nSPS) is 30.8. The molecule has 88 heavy (non-hydrogen) atoms. The van der Waals surface area contributed by atoms with Crippen LogP contribution in [0.4, 0.5) is 10.5 Å². The van der Waals surface area contributed by atoms with Gasteiger partial charge in [-0.25, -0.2) is 19.2 Å². The van der Waals surface area contributed by atoms with Crippen molar-refractivity contribution in [2.24, 2.45) is 16.7 Å². The Kier molecular flexibility index (Phi) is 19.9. The van der Waals surface area contributed by atoms with Gasteiger partial charge in [-0.05, 0) is 66.5 Å². The van der Waals surface area contributed by atoms with Crippen molar-refractivity contribution in [2.75, 3.05) is 11.9 Å². The van der Waals surface area contributed by atoms with E-state index in [1.165, 1.54) is 88.4 Å². The molecule has 2 aliphatic heterocycles. The number of carboxylic acids is 1. The molecule has 4 fully saturated rings. The summed E-state index contributed by atoms with van der Waals surface area (Å²) in [6, 6.07) is 27.2. The van der Waals surface area contributed by atoms with E-state index in [-0.39, 0.29) is 75.1 Å². The second kappa shape index (κ2) is 26.3. The van der Waals surface area contributed by atoms with Gasteiger partial charge in [0.25, 0.3) is 5.91 Å². The maximum Gasteiger partial charge on any atom is 0.414 e. The Morgan fingerprint density at radius 2 is 1.34 bits per heavy atom. The molecule has 0 unspecified atom stereocenters. The van der Waals surface area contributed by atoms with Gasteiger partial charge in [0, 0.05) is 72.9 Å². The third-order valence-electron chi connectivity index (χ3n) is 17.3. The molecule has 2 bridgehead atoms. The molecule has 8 N–H and O–H groups in total. The minimum Gasteiger partial charge on any atom is -0.479 e. The number of hydrogen-bond donors (Lipinski definition) is 8. The van der Waals surface area contributed by atoms with Gasteiger partial charge >= 0.3 is 41.9 Å². The zero-order valence-corrected chi connectivity index (χ0v) is 50.9. The van der Waals surface area contributed by atoms with Crippen molar-refractivity contribution in [1.29, 1.82) is 0 Å². The number of para-hydroxylation sites is 1. The summed E-state index contributed by atoms with van der Waals surface area (Å²) < 4.78 is 47.2. The largest absolute Gasteiger partial charge is 0.479 e. The molecule has 2 amide bonds. The topological polar surface area (TPSA) is 373 Å². The van der Waals surface area contributed by atoms with Crippen LogP contribution in [-0.2, 0) is 73.1 Å². The van der Waals surface area contributed by atoms with Gasteiger partial charge in [0.1, 0.15) is 48.3 Å². The number of aliphatic hydroxyl groups excluding tert-OH is 4. The number of ketones is 1. The fourth-order valence-electron chi connectivity index (χ4n) is 12.8. The van der Waals surface area contributed by atoms with E-state index < -0.39 is 174 Å². The third-order valence-corrected chi connectivity index (χ3v) is 17.3. The molecule has 26 heteroatoms. The quantitative estimate of drug-likeness (QED) is 0.0346. The van der Waals surface area contributed by atoms with Crippen LogP contribution in [-0.4, -0.2) is 199 Å². The van der Waals surface area contributed by atoms with Gasteiger partial charge in [0.15, 0.2) is 23.6 Å². The number of nitrogens with one attached hydrogen (secondary N) is 2. The van der Waals surface area contributed by atoms with Crippen LogP contribution in [0, 0.1) is 16.7 Å². The molecule has 0 aromatic heterocycles. The van der Waals surface area contributed by atoms with E-state index in [0.717, 1.165) is 13.8 Å². The Bertz CT molecular complexity index is 3370. The molecular weight excluding hydrogens is 1160 g/mol. The summed E-state index contributed by atoms with van der Waals surface area (Å²) in [4.78, 5) is 127. The average molecular weight is 1230 g/mol. The van der Waals surface area contributed by atoms with E-state index >= 15 is 9.59 Å². The van der Waals surface area contributed by atoms with Gasteiger partial charge in [0.05, 0.1) is 36.0 Å². The first-order valence-electron chi connectivity index (χ1n) is 27.8. The monoisotopic (exact) mass is 1230 g/mol. The number of esters is 5. The maximum atomic E-state index is 15.9. The van der Waals surface area contributed by atoms with Crippen molar-refractivity contribution in [3.63, 3.8) is 0 Å². The van der Waals surface area contributed by atoms with Crippen molar-refractivity contribution in [3.05, 3.63) is 149 Å². The maximum absolute atomic E-state index is 15.9. The van der Waals surface area contributed by atoms with E-state index in [9.17, 15) is 64.2 Å². The smallest absolute Gasteiger partial charge is 0.414 e. The molecule has 5 aliphatic rings. The number of aliphatic hydroxyl groups is 5. The molecule has 25 nitrogen and oxygen atoms in total. The summed E-state index contributed by atoms with van der Waals surface area (Å²) in [6.45, 7) is 7.49. The molecule has 4 aromatic carbocycles. The number of fused-ring (bicyclic) bond motifs is 5. The average Bonchev–Trinajstić information content (AvgIpc) is 0.713. The molecule has 0 spiro atoms.